The van der Waals surface area contributed by atoms with E-state index in [0.29, 0.717) is 40.3 Å². The first kappa shape index (κ1) is 31.1. The summed E-state index contributed by atoms with van der Waals surface area (Å²) in [7, 11) is 1.44. The summed E-state index contributed by atoms with van der Waals surface area (Å²) in [4.78, 5) is 30.8. The van der Waals surface area contributed by atoms with Crippen LogP contribution in [0.15, 0.2) is 48.5 Å². The molecule has 1 unspecified atom stereocenters. The van der Waals surface area contributed by atoms with E-state index in [0.717, 1.165) is 18.5 Å². The minimum absolute atomic E-state index is 0.0228. The van der Waals surface area contributed by atoms with Crippen LogP contribution in [0.2, 0.25) is 0 Å². The van der Waals surface area contributed by atoms with Gasteiger partial charge >= 0.3 is 24.4 Å². The molecule has 1 aromatic heterocycles. The molecule has 3 aromatic rings. The van der Waals surface area contributed by atoms with E-state index in [-0.39, 0.29) is 18.5 Å². The van der Waals surface area contributed by atoms with Crippen LogP contribution < -0.4 is 4.74 Å². The van der Waals surface area contributed by atoms with Gasteiger partial charge in [0.25, 0.3) is 0 Å². The Morgan fingerprint density at radius 3 is 2.20 bits per heavy atom. The number of hydrogen-bond donors (Lipinski definition) is 1. The lowest BCUT2D eigenvalue weighted by molar-refractivity contribution is -0.143. The number of rotatable bonds is 8. The number of aromatic nitrogens is 1. The molecule has 5 rings (SSSR count). The van der Waals surface area contributed by atoms with E-state index in [4.69, 9.17) is 14.5 Å². The average molecular weight is 623 g/mol. The summed E-state index contributed by atoms with van der Waals surface area (Å²) in [6.45, 7) is 2.83. The minimum Gasteiger partial charge on any atom is -0.496 e. The Kier molecular flexibility index (Phi) is 8.02. The Bertz CT molecular complexity index is 1570. The van der Waals surface area contributed by atoms with Crippen molar-refractivity contribution in [2.75, 3.05) is 7.11 Å². The van der Waals surface area contributed by atoms with Crippen molar-refractivity contribution >= 4 is 12.1 Å². The molecule has 3 atom stereocenters. The third-order valence-corrected chi connectivity index (χ3v) is 8.03. The topological polar surface area (TPSA) is 89.0 Å². The van der Waals surface area contributed by atoms with Crippen LogP contribution >= 0.6 is 0 Å². The number of hydrogen-bond acceptors (Lipinski definition) is 5. The normalized spacial score (nSPS) is 19.6. The number of cyclic esters (lactones) is 1. The number of carboxylic acids is 1. The lowest BCUT2D eigenvalue weighted by Crippen LogP contribution is -2.32. The number of ether oxygens (including phenoxy) is 2. The highest BCUT2D eigenvalue weighted by atomic mass is 19.4. The molecule has 44 heavy (non-hydrogen) atoms. The summed E-state index contributed by atoms with van der Waals surface area (Å²) in [5.74, 6) is -1.26. The molecule has 13 heteroatoms. The molecule has 1 saturated carbocycles. The van der Waals surface area contributed by atoms with Crippen LogP contribution in [-0.2, 0) is 28.4 Å². The molecule has 2 heterocycles. The minimum atomic E-state index is -5.06. The van der Waals surface area contributed by atoms with Crippen LogP contribution in [0.1, 0.15) is 78.3 Å². The SMILES string of the molecule is COc1ccc(C(C)C(=O)O)cc1-c1ccc(C2CC2)nc1CN1C(=O)O[C@H](c2cc(C(F)(F)F)cc(C(F)(F)F)c2)[C@@H]1C. The zero-order valence-corrected chi connectivity index (χ0v) is 23.8. The maximum atomic E-state index is 13.5. The van der Waals surface area contributed by atoms with E-state index in [9.17, 15) is 41.0 Å². The number of carbonyl (C=O) groups excluding carboxylic acids is 1. The number of aliphatic carboxylic acids is 1. The van der Waals surface area contributed by atoms with Crippen molar-refractivity contribution in [2.45, 2.75) is 69.6 Å². The smallest absolute Gasteiger partial charge is 0.416 e. The van der Waals surface area contributed by atoms with Crippen molar-refractivity contribution in [3.63, 3.8) is 0 Å². The van der Waals surface area contributed by atoms with E-state index in [1.54, 1.807) is 24.3 Å². The van der Waals surface area contributed by atoms with Crippen LogP contribution in [0.3, 0.4) is 0 Å². The van der Waals surface area contributed by atoms with Crippen molar-refractivity contribution in [1.82, 2.24) is 9.88 Å². The molecule has 234 valence electrons. The van der Waals surface area contributed by atoms with Gasteiger partial charge in [0.05, 0.1) is 42.4 Å². The molecular formula is C31H28F6N2O5. The molecule has 2 aliphatic rings. The van der Waals surface area contributed by atoms with Crippen LogP contribution in [0.5, 0.6) is 5.75 Å². The van der Waals surface area contributed by atoms with Gasteiger partial charge in [0, 0.05) is 22.7 Å². The van der Waals surface area contributed by atoms with Crippen molar-refractivity contribution in [1.29, 1.82) is 0 Å². The highest BCUT2D eigenvalue weighted by Crippen LogP contribution is 2.44. The fourth-order valence-corrected chi connectivity index (χ4v) is 5.30. The summed E-state index contributed by atoms with van der Waals surface area (Å²) in [6.07, 6.45) is -10.6. The third kappa shape index (κ3) is 6.18. The molecule has 2 aromatic carbocycles. The van der Waals surface area contributed by atoms with Crippen LogP contribution in [-0.4, -0.2) is 40.2 Å². The number of amides is 1. The zero-order chi connectivity index (χ0) is 32.1. The van der Waals surface area contributed by atoms with Gasteiger partial charge in [-0.15, -0.1) is 0 Å². The van der Waals surface area contributed by atoms with Gasteiger partial charge in [0.1, 0.15) is 11.9 Å². The van der Waals surface area contributed by atoms with Gasteiger partial charge in [0.2, 0.25) is 0 Å². The third-order valence-electron chi connectivity index (χ3n) is 8.03. The zero-order valence-electron chi connectivity index (χ0n) is 23.8. The number of carbonyl (C=O) groups is 2. The molecule has 1 aliphatic carbocycles. The van der Waals surface area contributed by atoms with Crippen molar-refractivity contribution in [3.05, 3.63) is 82.2 Å². The number of nitrogens with zero attached hydrogens (tertiary/aromatic N) is 2. The van der Waals surface area contributed by atoms with Crippen molar-refractivity contribution in [2.24, 2.45) is 0 Å². The molecule has 0 spiro atoms. The van der Waals surface area contributed by atoms with E-state index >= 15 is 0 Å². The Balaban J connectivity index is 1.54. The van der Waals surface area contributed by atoms with Gasteiger partial charge in [-0.3, -0.25) is 14.7 Å². The van der Waals surface area contributed by atoms with Crippen molar-refractivity contribution in [3.8, 4) is 16.9 Å². The Hall–Kier alpha value is -4.29. The number of pyridine rings is 1. The van der Waals surface area contributed by atoms with Crippen LogP contribution in [0.4, 0.5) is 31.1 Å². The molecular weight excluding hydrogens is 594 g/mol. The molecule has 1 saturated heterocycles. The number of alkyl halides is 6. The van der Waals surface area contributed by atoms with Crippen LogP contribution in [0, 0.1) is 0 Å². The standard InChI is InChI=1S/C31H28F6N2O5/c1-15(28(40)41)18-6-9-26(43-3)23(12-18)22-7-8-24(17-4-5-17)38-25(22)14-39-16(2)27(44-29(39)42)19-10-20(30(32,33)34)13-21(11-19)31(35,36)37/h6-13,15-17,27H,4-5,14H2,1-3H3,(H,40,41)/t15?,16-,27-/m0/s1. The fraction of sp³-hybridized carbons (Fsp3) is 0.387. The van der Waals surface area contributed by atoms with E-state index in [1.807, 2.05) is 6.07 Å². The molecule has 2 fully saturated rings. The number of carboxylic acid groups (broad SMARTS) is 1. The lowest BCUT2D eigenvalue weighted by atomic mass is 9.94. The van der Waals surface area contributed by atoms with E-state index in [1.165, 1.54) is 25.9 Å². The second-order valence-corrected chi connectivity index (χ2v) is 11.0. The quantitative estimate of drug-likeness (QED) is 0.257. The number of benzene rings is 2. The van der Waals surface area contributed by atoms with Crippen molar-refractivity contribution < 1.29 is 50.5 Å². The molecule has 1 N–H and O–H groups in total. The second kappa shape index (κ2) is 11.3. The average Bonchev–Trinajstić information content (AvgIpc) is 3.78. The largest absolute Gasteiger partial charge is 0.496 e. The first-order valence-corrected chi connectivity index (χ1v) is 13.8. The predicted molar refractivity (Wildman–Crippen MR) is 145 cm³/mol. The monoisotopic (exact) mass is 622 g/mol. The number of halogens is 6. The maximum absolute atomic E-state index is 13.5. The molecule has 0 bridgehead atoms. The van der Waals surface area contributed by atoms with E-state index < -0.39 is 59.2 Å². The summed E-state index contributed by atoms with van der Waals surface area (Å²) in [5.41, 5.74) is -0.781. The van der Waals surface area contributed by atoms with Gasteiger partial charge in [0.15, 0.2) is 0 Å². The number of methoxy groups -OCH3 is 1. The summed E-state index contributed by atoms with van der Waals surface area (Å²) in [6, 6.07) is 8.70. The van der Waals surface area contributed by atoms with Gasteiger partial charge in [-0.05, 0) is 74.2 Å². The summed E-state index contributed by atoms with van der Waals surface area (Å²) < 4.78 is 92.0. The van der Waals surface area contributed by atoms with E-state index in [2.05, 4.69) is 0 Å². The van der Waals surface area contributed by atoms with Crippen LogP contribution in [0.25, 0.3) is 11.1 Å². The Morgan fingerprint density at radius 1 is 1.02 bits per heavy atom. The van der Waals surface area contributed by atoms with Gasteiger partial charge in [-0.1, -0.05) is 12.1 Å². The highest BCUT2D eigenvalue weighted by Gasteiger charge is 2.44. The highest BCUT2D eigenvalue weighted by molar-refractivity contribution is 5.79. The van der Waals surface area contributed by atoms with Gasteiger partial charge in [-0.2, -0.15) is 26.3 Å². The van der Waals surface area contributed by atoms with Gasteiger partial charge in [-0.25, -0.2) is 4.79 Å². The predicted octanol–water partition coefficient (Wildman–Crippen LogP) is 7.94. The fourth-order valence-electron chi connectivity index (χ4n) is 5.30. The molecule has 1 amide bonds. The summed E-state index contributed by atoms with van der Waals surface area (Å²) >= 11 is 0. The lowest BCUT2D eigenvalue weighted by Gasteiger charge is -2.24. The first-order valence-electron chi connectivity index (χ1n) is 13.8. The second-order valence-electron chi connectivity index (χ2n) is 11.0. The molecule has 1 aliphatic heterocycles. The Labute approximate surface area is 248 Å². The first-order chi connectivity index (χ1) is 20.6. The summed E-state index contributed by atoms with van der Waals surface area (Å²) in [5, 5.41) is 9.55. The maximum Gasteiger partial charge on any atom is 0.416 e. The molecule has 0 radical (unpaired) electrons. The van der Waals surface area contributed by atoms with Gasteiger partial charge < -0.3 is 14.6 Å². The molecule has 7 nitrogen and oxygen atoms in total. The Morgan fingerprint density at radius 2 is 1.66 bits per heavy atom.